The van der Waals surface area contributed by atoms with Crippen molar-refractivity contribution in [3.05, 3.63) is 11.9 Å². The van der Waals surface area contributed by atoms with Crippen LogP contribution in [-0.4, -0.2) is 24.2 Å². The normalized spacial score (nSPS) is 14.0. The molecule has 5 nitrogen and oxygen atoms in total. The van der Waals surface area contributed by atoms with Crippen LogP contribution in [0.3, 0.4) is 0 Å². The molecule has 1 unspecified atom stereocenters. The van der Waals surface area contributed by atoms with Crippen molar-refractivity contribution in [1.82, 2.24) is 14.5 Å². The summed E-state index contributed by atoms with van der Waals surface area (Å²) < 4.78 is 28.2. The van der Waals surface area contributed by atoms with Gasteiger partial charge in [-0.05, 0) is 27.2 Å². The van der Waals surface area contributed by atoms with Gasteiger partial charge in [0.2, 0.25) is 10.0 Å². The molecule has 0 aliphatic heterocycles. The minimum Gasteiger partial charge on any atom is -0.271 e. The van der Waals surface area contributed by atoms with Gasteiger partial charge in [0.1, 0.15) is 4.90 Å². The average Bonchev–Trinajstić information content (AvgIpc) is 2.59. The topological polar surface area (TPSA) is 64.0 Å². The second-order valence-electron chi connectivity index (χ2n) is 3.87. The molecule has 0 amide bonds. The Bertz CT molecular complexity index is 451. The van der Waals surface area contributed by atoms with Gasteiger partial charge in [0.05, 0.1) is 5.69 Å². The summed E-state index contributed by atoms with van der Waals surface area (Å²) in [5, 5.41) is 4.13. The van der Waals surface area contributed by atoms with Crippen molar-refractivity contribution in [2.24, 2.45) is 0 Å². The van der Waals surface area contributed by atoms with Crippen molar-refractivity contribution in [3.63, 3.8) is 0 Å². The van der Waals surface area contributed by atoms with Crippen molar-refractivity contribution in [2.75, 3.05) is 0 Å². The van der Waals surface area contributed by atoms with E-state index in [0.717, 1.165) is 6.42 Å². The van der Waals surface area contributed by atoms with Crippen LogP contribution in [0.1, 0.15) is 32.9 Å². The summed E-state index contributed by atoms with van der Waals surface area (Å²) >= 11 is 0. The van der Waals surface area contributed by atoms with E-state index in [0.29, 0.717) is 12.2 Å². The minimum absolute atomic E-state index is 0.0608. The molecule has 6 heteroatoms. The third-order valence-electron chi connectivity index (χ3n) is 2.48. The second-order valence-corrected chi connectivity index (χ2v) is 5.55. The first-order chi connectivity index (χ1) is 7.40. The van der Waals surface area contributed by atoms with Crippen LogP contribution in [-0.2, 0) is 16.6 Å². The SMILES string of the molecule is CCC(C)NS(=O)(=O)c1cn(CC)nc1C. The van der Waals surface area contributed by atoms with Gasteiger partial charge >= 0.3 is 0 Å². The van der Waals surface area contributed by atoms with E-state index in [2.05, 4.69) is 9.82 Å². The molecule has 1 heterocycles. The quantitative estimate of drug-likeness (QED) is 0.850. The van der Waals surface area contributed by atoms with E-state index in [1.807, 2.05) is 20.8 Å². The predicted octanol–water partition coefficient (Wildman–Crippen LogP) is 1.29. The zero-order chi connectivity index (χ0) is 12.3. The van der Waals surface area contributed by atoms with Gasteiger partial charge < -0.3 is 0 Å². The Morgan fingerprint density at radius 3 is 2.56 bits per heavy atom. The van der Waals surface area contributed by atoms with E-state index in [9.17, 15) is 8.42 Å². The Balaban J connectivity index is 3.02. The smallest absolute Gasteiger partial charge is 0.244 e. The molecule has 92 valence electrons. The van der Waals surface area contributed by atoms with Crippen molar-refractivity contribution in [1.29, 1.82) is 0 Å². The lowest BCUT2D eigenvalue weighted by molar-refractivity contribution is 0.555. The Hall–Kier alpha value is -0.880. The maximum absolute atomic E-state index is 12.0. The molecule has 0 aliphatic carbocycles. The largest absolute Gasteiger partial charge is 0.271 e. The summed E-state index contributed by atoms with van der Waals surface area (Å²) in [6.07, 6.45) is 2.33. The summed E-state index contributed by atoms with van der Waals surface area (Å²) in [5.74, 6) is 0. The van der Waals surface area contributed by atoms with Crippen LogP contribution in [0, 0.1) is 6.92 Å². The van der Waals surface area contributed by atoms with Gasteiger partial charge in [-0.2, -0.15) is 5.10 Å². The number of aryl methyl sites for hydroxylation is 2. The maximum Gasteiger partial charge on any atom is 0.244 e. The monoisotopic (exact) mass is 245 g/mol. The van der Waals surface area contributed by atoms with Crippen LogP contribution in [0.5, 0.6) is 0 Å². The first-order valence-corrected chi connectivity index (χ1v) is 6.95. The number of nitrogens with one attached hydrogen (secondary N) is 1. The molecule has 0 aromatic carbocycles. The molecule has 1 aromatic heterocycles. The molecule has 1 atom stereocenters. The van der Waals surface area contributed by atoms with E-state index in [1.165, 1.54) is 0 Å². The average molecular weight is 245 g/mol. The highest BCUT2D eigenvalue weighted by Crippen LogP contribution is 2.13. The number of aromatic nitrogens is 2. The summed E-state index contributed by atoms with van der Waals surface area (Å²) in [4.78, 5) is 0.273. The van der Waals surface area contributed by atoms with E-state index >= 15 is 0 Å². The summed E-state index contributed by atoms with van der Waals surface area (Å²) in [5.41, 5.74) is 0.539. The Kier molecular flexibility index (Phi) is 4.09. The first-order valence-electron chi connectivity index (χ1n) is 5.47. The molecule has 0 bridgehead atoms. The number of rotatable bonds is 5. The van der Waals surface area contributed by atoms with Gasteiger partial charge in [0, 0.05) is 18.8 Å². The molecule has 0 spiro atoms. The molecular formula is C10H19N3O2S. The van der Waals surface area contributed by atoms with Crippen LogP contribution in [0.15, 0.2) is 11.1 Å². The molecule has 0 saturated heterocycles. The summed E-state index contributed by atoms with van der Waals surface area (Å²) in [6.45, 7) is 8.08. The lowest BCUT2D eigenvalue weighted by atomic mass is 10.3. The highest BCUT2D eigenvalue weighted by molar-refractivity contribution is 7.89. The highest BCUT2D eigenvalue weighted by atomic mass is 32.2. The third-order valence-corrected chi connectivity index (χ3v) is 4.18. The van der Waals surface area contributed by atoms with Crippen LogP contribution in [0.4, 0.5) is 0 Å². The first kappa shape index (κ1) is 13.2. The van der Waals surface area contributed by atoms with Crippen molar-refractivity contribution >= 4 is 10.0 Å². The van der Waals surface area contributed by atoms with E-state index in [4.69, 9.17) is 0 Å². The molecule has 1 aromatic rings. The molecule has 1 rings (SSSR count). The van der Waals surface area contributed by atoms with Crippen molar-refractivity contribution in [3.8, 4) is 0 Å². The van der Waals surface area contributed by atoms with Crippen LogP contribution in [0.2, 0.25) is 0 Å². The fourth-order valence-corrected chi connectivity index (χ4v) is 2.85. The molecule has 0 radical (unpaired) electrons. The number of hydrogen-bond acceptors (Lipinski definition) is 3. The second kappa shape index (κ2) is 4.97. The lowest BCUT2D eigenvalue weighted by Crippen LogP contribution is -2.32. The molecule has 0 aliphatic rings. The van der Waals surface area contributed by atoms with Gasteiger partial charge in [0.15, 0.2) is 0 Å². The van der Waals surface area contributed by atoms with Crippen molar-refractivity contribution < 1.29 is 8.42 Å². The number of nitrogens with zero attached hydrogens (tertiary/aromatic N) is 2. The zero-order valence-electron chi connectivity index (χ0n) is 10.2. The van der Waals surface area contributed by atoms with Gasteiger partial charge in [-0.25, -0.2) is 13.1 Å². The lowest BCUT2D eigenvalue weighted by Gasteiger charge is -2.10. The van der Waals surface area contributed by atoms with Crippen LogP contribution < -0.4 is 4.72 Å². The predicted molar refractivity (Wildman–Crippen MR) is 62.7 cm³/mol. The van der Waals surface area contributed by atoms with Gasteiger partial charge in [-0.3, -0.25) is 4.68 Å². The zero-order valence-corrected chi connectivity index (χ0v) is 11.0. The molecule has 0 saturated carbocycles. The van der Waals surface area contributed by atoms with E-state index in [-0.39, 0.29) is 10.9 Å². The molecule has 0 fully saturated rings. The summed E-state index contributed by atoms with van der Waals surface area (Å²) in [6, 6.07) is -0.0608. The van der Waals surface area contributed by atoms with Gasteiger partial charge in [0.25, 0.3) is 0 Å². The molecule has 1 N–H and O–H groups in total. The summed E-state index contributed by atoms with van der Waals surface area (Å²) in [7, 11) is -3.42. The Labute approximate surface area is 96.9 Å². The molecular weight excluding hydrogens is 226 g/mol. The standard InChI is InChI=1S/C10H19N3O2S/c1-5-8(3)12-16(14,15)10-7-13(6-2)11-9(10)4/h7-8,12H,5-6H2,1-4H3. The maximum atomic E-state index is 12.0. The number of hydrogen-bond donors (Lipinski definition) is 1. The third kappa shape index (κ3) is 2.82. The Morgan fingerprint density at radius 2 is 2.12 bits per heavy atom. The van der Waals surface area contributed by atoms with Crippen LogP contribution in [0.25, 0.3) is 0 Å². The van der Waals surface area contributed by atoms with Crippen LogP contribution >= 0.6 is 0 Å². The highest BCUT2D eigenvalue weighted by Gasteiger charge is 2.21. The minimum atomic E-state index is -3.42. The van der Waals surface area contributed by atoms with E-state index in [1.54, 1.807) is 17.8 Å². The fourth-order valence-electron chi connectivity index (χ4n) is 1.34. The van der Waals surface area contributed by atoms with Gasteiger partial charge in [-0.15, -0.1) is 0 Å². The fraction of sp³-hybridized carbons (Fsp3) is 0.700. The molecule has 16 heavy (non-hydrogen) atoms. The number of sulfonamides is 1. The van der Waals surface area contributed by atoms with Gasteiger partial charge in [-0.1, -0.05) is 6.92 Å². The van der Waals surface area contributed by atoms with E-state index < -0.39 is 10.0 Å². The van der Waals surface area contributed by atoms with Crippen molar-refractivity contribution in [2.45, 2.75) is 51.6 Å². The Morgan fingerprint density at radius 1 is 1.50 bits per heavy atom.